The van der Waals surface area contributed by atoms with Crippen LogP contribution in [0, 0.1) is 5.92 Å². The summed E-state index contributed by atoms with van der Waals surface area (Å²) < 4.78 is 23.2. The molecule has 0 saturated carbocycles. The van der Waals surface area contributed by atoms with Gasteiger partial charge >= 0.3 is 0 Å². The molecule has 1 unspecified atom stereocenters. The number of carbonyl (C=O) groups is 1. The minimum atomic E-state index is -4.01. The van der Waals surface area contributed by atoms with Crippen LogP contribution in [0.15, 0.2) is 23.1 Å². The molecule has 4 nitrogen and oxygen atoms in total. The zero-order valence-electron chi connectivity index (χ0n) is 11.0. The predicted octanol–water partition coefficient (Wildman–Crippen LogP) is 3.14. The van der Waals surface area contributed by atoms with Crippen molar-refractivity contribution in [2.45, 2.75) is 24.7 Å². The number of amides is 1. The number of hydrogen-bond acceptors (Lipinski definition) is 3. The highest BCUT2D eigenvalue weighted by molar-refractivity contribution is 8.13. The molecule has 0 aliphatic carbocycles. The number of benzene rings is 1. The van der Waals surface area contributed by atoms with Crippen molar-refractivity contribution in [1.29, 1.82) is 0 Å². The number of rotatable bonds is 2. The van der Waals surface area contributed by atoms with Crippen LogP contribution in [0.3, 0.4) is 0 Å². The molecule has 1 aliphatic rings. The summed E-state index contributed by atoms with van der Waals surface area (Å²) in [6, 6.07) is 4.26. The number of carbonyl (C=O) groups excluding carboxylic acids is 1. The van der Waals surface area contributed by atoms with Gasteiger partial charge in [0.25, 0.3) is 15.0 Å². The summed E-state index contributed by atoms with van der Waals surface area (Å²) in [4.78, 5) is 14.0. The number of hydrogen-bond donors (Lipinski definition) is 0. The third kappa shape index (κ3) is 3.27. The Balaban J connectivity index is 2.44. The third-order valence-electron chi connectivity index (χ3n) is 3.40. The zero-order valence-corrected chi connectivity index (χ0v) is 13.3. The molecule has 7 heteroatoms. The van der Waals surface area contributed by atoms with E-state index in [9.17, 15) is 13.2 Å². The van der Waals surface area contributed by atoms with Crippen molar-refractivity contribution in [3.8, 4) is 0 Å². The van der Waals surface area contributed by atoms with Gasteiger partial charge in [-0.3, -0.25) is 4.79 Å². The van der Waals surface area contributed by atoms with E-state index in [4.69, 9.17) is 22.3 Å². The molecule has 1 aromatic rings. The van der Waals surface area contributed by atoms with Crippen LogP contribution in [0.5, 0.6) is 0 Å². The highest BCUT2D eigenvalue weighted by Crippen LogP contribution is 2.29. The highest BCUT2D eigenvalue weighted by atomic mass is 35.7. The minimum absolute atomic E-state index is 0.0294. The van der Waals surface area contributed by atoms with Crippen molar-refractivity contribution < 1.29 is 13.2 Å². The van der Waals surface area contributed by atoms with Gasteiger partial charge < -0.3 is 4.90 Å². The summed E-state index contributed by atoms with van der Waals surface area (Å²) in [5.41, 5.74) is -0.0294. The fraction of sp³-hybridized carbons (Fsp3) is 0.462. The van der Waals surface area contributed by atoms with Crippen LogP contribution in [-0.4, -0.2) is 32.3 Å². The maximum absolute atomic E-state index is 12.6. The van der Waals surface area contributed by atoms with Crippen LogP contribution in [0.4, 0.5) is 0 Å². The quantitative estimate of drug-likeness (QED) is 0.780. The number of halogens is 2. The second-order valence-electron chi connectivity index (χ2n) is 5.05. The summed E-state index contributed by atoms with van der Waals surface area (Å²) >= 11 is 6.02. The highest BCUT2D eigenvalue weighted by Gasteiger charge is 2.29. The average molecular weight is 336 g/mol. The summed E-state index contributed by atoms with van der Waals surface area (Å²) in [5.74, 6) is 0.0209. The molecule has 2 rings (SSSR count). The maximum Gasteiger partial charge on any atom is 0.262 e. The Bertz CT molecular complexity index is 631. The number of nitrogens with zero attached hydrogens (tertiary/aromatic N) is 1. The van der Waals surface area contributed by atoms with Crippen molar-refractivity contribution in [1.82, 2.24) is 4.90 Å². The lowest BCUT2D eigenvalue weighted by molar-refractivity contribution is 0.0679. The second kappa shape index (κ2) is 5.92. The van der Waals surface area contributed by atoms with E-state index in [1.54, 1.807) is 4.90 Å². The van der Waals surface area contributed by atoms with E-state index in [0.717, 1.165) is 12.8 Å². The van der Waals surface area contributed by atoms with Crippen LogP contribution in [0.25, 0.3) is 0 Å². The SMILES string of the molecule is CC1CCCN(C(=O)c2c(Cl)cccc2S(=O)(=O)Cl)C1. The van der Waals surface area contributed by atoms with Gasteiger partial charge in [-0.15, -0.1) is 0 Å². The molecule has 0 bridgehead atoms. The normalized spacial score (nSPS) is 19.9. The van der Waals surface area contributed by atoms with Crippen LogP contribution in [0.2, 0.25) is 5.02 Å². The van der Waals surface area contributed by atoms with Gasteiger partial charge in [0.15, 0.2) is 0 Å². The monoisotopic (exact) mass is 335 g/mol. The Kier molecular flexibility index (Phi) is 4.62. The summed E-state index contributed by atoms with van der Waals surface area (Å²) in [6.45, 7) is 3.27. The van der Waals surface area contributed by atoms with Gasteiger partial charge in [0.05, 0.1) is 15.5 Å². The van der Waals surface area contributed by atoms with Crippen molar-refractivity contribution in [2.24, 2.45) is 5.92 Å². The molecule has 1 atom stereocenters. The van der Waals surface area contributed by atoms with Crippen molar-refractivity contribution in [2.75, 3.05) is 13.1 Å². The number of likely N-dealkylation sites (tertiary alicyclic amines) is 1. The van der Waals surface area contributed by atoms with Gasteiger partial charge in [-0.1, -0.05) is 24.6 Å². The minimum Gasteiger partial charge on any atom is -0.338 e. The van der Waals surface area contributed by atoms with Gasteiger partial charge in [-0.25, -0.2) is 8.42 Å². The first-order valence-electron chi connectivity index (χ1n) is 6.33. The van der Waals surface area contributed by atoms with E-state index in [1.165, 1.54) is 18.2 Å². The van der Waals surface area contributed by atoms with Crippen LogP contribution >= 0.6 is 22.3 Å². The van der Waals surface area contributed by atoms with Gasteiger partial charge in [0.1, 0.15) is 0 Å². The molecule has 110 valence electrons. The average Bonchev–Trinajstić information content (AvgIpc) is 2.36. The molecule has 1 amide bonds. The molecular weight excluding hydrogens is 321 g/mol. The predicted molar refractivity (Wildman–Crippen MR) is 78.8 cm³/mol. The molecule has 0 aromatic heterocycles. The topological polar surface area (TPSA) is 54.5 Å². The standard InChI is InChI=1S/C13H15Cl2NO3S/c1-9-4-3-7-16(8-9)13(17)12-10(14)5-2-6-11(12)20(15,18)19/h2,5-6,9H,3-4,7-8H2,1H3. The molecule has 0 radical (unpaired) electrons. The van der Waals surface area contributed by atoms with Gasteiger partial charge in [0.2, 0.25) is 0 Å². The summed E-state index contributed by atoms with van der Waals surface area (Å²) in [5, 5.41) is 0.106. The Labute approximate surface area is 128 Å². The Morgan fingerprint density at radius 2 is 2.10 bits per heavy atom. The fourth-order valence-corrected chi connectivity index (χ4v) is 3.83. The van der Waals surface area contributed by atoms with Crippen molar-refractivity contribution >= 4 is 37.2 Å². The lowest BCUT2D eigenvalue weighted by atomic mass is 9.99. The Hall–Kier alpha value is -0.780. The first-order valence-corrected chi connectivity index (χ1v) is 9.02. The van der Waals surface area contributed by atoms with E-state index in [1.807, 2.05) is 0 Å². The Morgan fingerprint density at radius 1 is 1.40 bits per heavy atom. The number of piperidine rings is 1. The molecule has 1 heterocycles. The molecule has 1 fully saturated rings. The first-order chi connectivity index (χ1) is 9.30. The lowest BCUT2D eigenvalue weighted by Crippen LogP contribution is -2.39. The van der Waals surface area contributed by atoms with Gasteiger partial charge in [-0.2, -0.15) is 0 Å². The second-order valence-corrected chi connectivity index (χ2v) is 7.99. The molecular formula is C13H15Cl2NO3S. The zero-order chi connectivity index (χ0) is 14.9. The lowest BCUT2D eigenvalue weighted by Gasteiger charge is -2.31. The largest absolute Gasteiger partial charge is 0.338 e. The van der Waals surface area contributed by atoms with E-state index in [2.05, 4.69) is 6.92 Å². The molecule has 0 spiro atoms. The molecule has 1 aliphatic heterocycles. The molecule has 0 N–H and O–H groups in total. The van der Waals surface area contributed by atoms with Gasteiger partial charge in [0, 0.05) is 23.8 Å². The fourth-order valence-electron chi connectivity index (χ4n) is 2.45. The Morgan fingerprint density at radius 3 is 2.70 bits per heavy atom. The van der Waals surface area contributed by atoms with Gasteiger partial charge in [-0.05, 0) is 30.9 Å². The van der Waals surface area contributed by atoms with Crippen LogP contribution < -0.4 is 0 Å². The van der Waals surface area contributed by atoms with Crippen LogP contribution in [0.1, 0.15) is 30.1 Å². The van der Waals surface area contributed by atoms with E-state index in [-0.39, 0.29) is 21.4 Å². The van der Waals surface area contributed by atoms with Crippen LogP contribution in [-0.2, 0) is 9.05 Å². The molecule has 20 heavy (non-hydrogen) atoms. The smallest absolute Gasteiger partial charge is 0.262 e. The van der Waals surface area contributed by atoms with Crippen molar-refractivity contribution in [3.63, 3.8) is 0 Å². The summed E-state index contributed by atoms with van der Waals surface area (Å²) in [7, 11) is 1.38. The molecule has 1 aromatic carbocycles. The van der Waals surface area contributed by atoms with Crippen molar-refractivity contribution in [3.05, 3.63) is 28.8 Å². The van der Waals surface area contributed by atoms with E-state index < -0.39 is 9.05 Å². The summed E-state index contributed by atoms with van der Waals surface area (Å²) in [6.07, 6.45) is 1.97. The first kappa shape index (κ1) is 15.6. The maximum atomic E-state index is 12.6. The molecule has 1 saturated heterocycles. The third-order valence-corrected chi connectivity index (χ3v) is 5.08. The van der Waals surface area contributed by atoms with E-state index in [0.29, 0.717) is 19.0 Å². The van der Waals surface area contributed by atoms with E-state index >= 15 is 0 Å².